The van der Waals surface area contributed by atoms with Crippen LogP contribution in [0.3, 0.4) is 0 Å². The first kappa shape index (κ1) is 14.9. The maximum atomic E-state index is 5.75. The lowest BCUT2D eigenvalue weighted by atomic mass is 10.2. The van der Waals surface area contributed by atoms with Crippen LogP contribution < -0.4 is 20.7 Å². The molecule has 2 rings (SSSR count). The summed E-state index contributed by atoms with van der Waals surface area (Å²) in [6, 6.07) is 9.85. The number of rotatable bonds is 6. The van der Waals surface area contributed by atoms with Crippen LogP contribution in [0.25, 0.3) is 0 Å². The molecule has 0 atom stereocenters. The summed E-state index contributed by atoms with van der Waals surface area (Å²) >= 11 is 0. The van der Waals surface area contributed by atoms with E-state index in [0.29, 0.717) is 0 Å². The molecule has 21 heavy (non-hydrogen) atoms. The number of methoxy groups -OCH3 is 1. The number of nitrogens with two attached hydrogens (primary N) is 1. The Morgan fingerprint density at radius 2 is 1.95 bits per heavy atom. The second-order valence-electron chi connectivity index (χ2n) is 4.70. The van der Waals surface area contributed by atoms with Gasteiger partial charge in [-0.3, -0.25) is 0 Å². The molecule has 1 heterocycles. The van der Waals surface area contributed by atoms with Crippen LogP contribution in [0.15, 0.2) is 30.3 Å². The fourth-order valence-electron chi connectivity index (χ4n) is 2.01. The molecular weight excluding hydrogens is 266 g/mol. The van der Waals surface area contributed by atoms with Crippen LogP contribution in [0.5, 0.6) is 5.75 Å². The lowest BCUT2D eigenvalue weighted by Gasteiger charge is -2.19. The zero-order valence-corrected chi connectivity index (χ0v) is 12.6. The van der Waals surface area contributed by atoms with Gasteiger partial charge in [0, 0.05) is 26.2 Å². The minimum absolute atomic E-state index is 0.269. The van der Waals surface area contributed by atoms with Crippen molar-refractivity contribution in [2.75, 3.05) is 36.7 Å². The van der Waals surface area contributed by atoms with Crippen LogP contribution >= 0.6 is 0 Å². The Morgan fingerprint density at radius 3 is 2.57 bits per heavy atom. The predicted molar refractivity (Wildman–Crippen MR) is 85.7 cm³/mol. The molecule has 0 unspecified atom stereocenters. The summed E-state index contributed by atoms with van der Waals surface area (Å²) in [5.41, 5.74) is 6.92. The average molecular weight is 287 g/mol. The van der Waals surface area contributed by atoms with Crippen molar-refractivity contribution in [3.63, 3.8) is 0 Å². The highest BCUT2D eigenvalue weighted by Crippen LogP contribution is 2.19. The van der Waals surface area contributed by atoms with Gasteiger partial charge in [-0.25, -0.2) is 0 Å². The fourth-order valence-corrected chi connectivity index (χ4v) is 2.01. The number of hydrogen-bond acceptors (Lipinski definition) is 6. The van der Waals surface area contributed by atoms with Crippen LogP contribution in [-0.4, -0.2) is 30.7 Å². The maximum Gasteiger partial charge on any atom is 0.223 e. The number of benzene rings is 1. The Bertz CT molecular complexity index is 585. The first-order valence-corrected chi connectivity index (χ1v) is 6.85. The van der Waals surface area contributed by atoms with E-state index in [2.05, 4.69) is 15.3 Å². The molecule has 3 N–H and O–H groups in total. The molecule has 1 aromatic heterocycles. The summed E-state index contributed by atoms with van der Waals surface area (Å²) in [5.74, 6) is 2.64. The van der Waals surface area contributed by atoms with E-state index < -0.39 is 0 Å². The summed E-state index contributed by atoms with van der Waals surface area (Å²) in [5, 5.41) is 3.15. The zero-order valence-electron chi connectivity index (χ0n) is 12.6. The molecule has 0 saturated carbocycles. The third kappa shape index (κ3) is 3.98. The number of nitrogens with one attached hydrogen (secondary N) is 1. The minimum Gasteiger partial charge on any atom is -0.497 e. The summed E-state index contributed by atoms with van der Waals surface area (Å²) in [7, 11) is 3.63. The van der Waals surface area contributed by atoms with Gasteiger partial charge < -0.3 is 20.7 Å². The first-order valence-electron chi connectivity index (χ1n) is 6.85. The standard InChI is InChI=1S/C15H21N5O/c1-4-17-13-9-14(19-15(16)18-13)20(2)10-11-5-7-12(21-3)8-6-11/h5-9H,4,10H2,1-3H3,(H3,16,17,18,19). The van der Waals surface area contributed by atoms with Gasteiger partial charge in [-0.05, 0) is 24.6 Å². The summed E-state index contributed by atoms with van der Waals surface area (Å²) < 4.78 is 5.16. The molecule has 0 aliphatic rings. The molecule has 6 nitrogen and oxygen atoms in total. The second-order valence-corrected chi connectivity index (χ2v) is 4.70. The van der Waals surface area contributed by atoms with Crippen molar-refractivity contribution in [2.24, 2.45) is 0 Å². The van der Waals surface area contributed by atoms with Crippen molar-refractivity contribution >= 4 is 17.6 Å². The molecule has 0 amide bonds. The first-order chi connectivity index (χ1) is 10.1. The highest BCUT2D eigenvalue weighted by Gasteiger charge is 2.07. The molecule has 0 spiro atoms. The molecule has 2 aromatic rings. The minimum atomic E-state index is 0.269. The number of nitrogen functional groups attached to an aromatic ring is 1. The van der Waals surface area contributed by atoms with E-state index >= 15 is 0 Å². The van der Waals surface area contributed by atoms with E-state index in [4.69, 9.17) is 10.5 Å². The second kappa shape index (κ2) is 6.78. The van der Waals surface area contributed by atoms with Gasteiger partial charge in [-0.1, -0.05) is 12.1 Å². The van der Waals surface area contributed by atoms with Crippen LogP contribution in [0.2, 0.25) is 0 Å². The lowest BCUT2D eigenvalue weighted by molar-refractivity contribution is 0.414. The molecule has 0 bridgehead atoms. The topological polar surface area (TPSA) is 76.3 Å². The van der Waals surface area contributed by atoms with E-state index in [9.17, 15) is 0 Å². The molecular formula is C15H21N5O. The van der Waals surface area contributed by atoms with Gasteiger partial charge in [0.2, 0.25) is 5.95 Å². The van der Waals surface area contributed by atoms with Crippen molar-refractivity contribution in [3.05, 3.63) is 35.9 Å². The van der Waals surface area contributed by atoms with E-state index in [-0.39, 0.29) is 5.95 Å². The van der Waals surface area contributed by atoms with E-state index in [1.54, 1.807) is 7.11 Å². The van der Waals surface area contributed by atoms with E-state index in [1.165, 1.54) is 5.56 Å². The maximum absolute atomic E-state index is 5.75. The van der Waals surface area contributed by atoms with Crippen molar-refractivity contribution in [1.29, 1.82) is 0 Å². The molecule has 6 heteroatoms. The van der Waals surface area contributed by atoms with Crippen LogP contribution in [0.4, 0.5) is 17.6 Å². The van der Waals surface area contributed by atoms with Crippen molar-refractivity contribution in [1.82, 2.24) is 9.97 Å². The Morgan fingerprint density at radius 1 is 1.24 bits per heavy atom. The molecule has 0 saturated heterocycles. The molecule has 0 fully saturated rings. The number of aromatic nitrogens is 2. The van der Waals surface area contributed by atoms with Gasteiger partial charge in [0.25, 0.3) is 0 Å². The van der Waals surface area contributed by atoms with Gasteiger partial charge in [0.15, 0.2) is 0 Å². The lowest BCUT2D eigenvalue weighted by Crippen LogP contribution is -2.19. The Hall–Kier alpha value is -2.50. The summed E-state index contributed by atoms with van der Waals surface area (Å²) in [6.07, 6.45) is 0. The molecule has 0 aliphatic carbocycles. The third-order valence-electron chi connectivity index (χ3n) is 3.06. The van der Waals surface area contributed by atoms with Gasteiger partial charge in [-0.2, -0.15) is 9.97 Å². The van der Waals surface area contributed by atoms with E-state index in [0.717, 1.165) is 30.5 Å². The van der Waals surface area contributed by atoms with Crippen molar-refractivity contribution in [2.45, 2.75) is 13.5 Å². The number of hydrogen-bond donors (Lipinski definition) is 2. The van der Waals surface area contributed by atoms with Crippen molar-refractivity contribution < 1.29 is 4.74 Å². The average Bonchev–Trinajstić information content (AvgIpc) is 2.48. The Kier molecular flexibility index (Phi) is 4.81. The van der Waals surface area contributed by atoms with Crippen LogP contribution in [0.1, 0.15) is 12.5 Å². The summed E-state index contributed by atoms with van der Waals surface area (Å²) in [4.78, 5) is 10.5. The van der Waals surface area contributed by atoms with Crippen LogP contribution in [0, 0.1) is 0 Å². The zero-order chi connectivity index (χ0) is 15.2. The molecule has 112 valence electrons. The quantitative estimate of drug-likeness (QED) is 0.847. The Labute approximate surface area is 125 Å². The van der Waals surface area contributed by atoms with Crippen LogP contribution in [-0.2, 0) is 6.54 Å². The molecule has 0 aliphatic heterocycles. The van der Waals surface area contributed by atoms with Crippen molar-refractivity contribution in [3.8, 4) is 5.75 Å². The van der Waals surface area contributed by atoms with Gasteiger partial charge in [-0.15, -0.1) is 0 Å². The third-order valence-corrected chi connectivity index (χ3v) is 3.06. The smallest absolute Gasteiger partial charge is 0.223 e. The normalized spacial score (nSPS) is 10.2. The van der Waals surface area contributed by atoms with E-state index in [1.807, 2.05) is 49.2 Å². The van der Waals surface area contributed by atoms with Gasteiger partial charge in [0.1, 0.15) is 17.4 Å². The molecule has 1 aromatic carbocycles. The molecule has 0 radical (unpaired) electrons. The monoisotopic (exact) mass is 287 g/mol. The number of ether oxygens (including phenoxy) is 1. The van der Waals surface area contributed by atoms with Gasteiger partial charge in [0.05, 0.1) is 7.11 Å². The Balaban J connectivity index is 2.13. The number of nitrogens with zero attached hydrogens (tertiary/aromatic N) is 3. The highest BCUT2D eigenvalue weighted by molar-refractivity contribution is 5.52. The SMILES string of the molecule is CCNc1cc(N(C)Cc2ccc(OC)cc2)nc(N)n1. The van der Waals surface area contributed by atoms with Gasteiger partial charge >= 0.3 is 0 Å². The number of anilines is 3. The summed E-state index contributed by atoms with van der Waals surface area (Å²) in [6.45, 7) is 3.53. The largest absolute Gasteiger partial charge is 0.497 e. The fraction of sp³-hybridized carbons (Fsp3) is 0.333. The highest BCUT2D eigenvalue weighted by atomic mass is 16.5. The predicted octanol–water partition coefficient (Wildman–Crippen LogP) is 2.14.